The molecule has 1 atom stereocenters. The summed E-state index contributed by atoms with van der Waals surface area (Å²) in [5.41, 5.74) is 5.30. The number of rotatable bonds is 6. The van der Waals surface area contributed by atoms with E-state index >= 15 is 0 Å². The van der Waals surface area contributed by atoms with Gasteiger partial charge in [-0.2, -0.15) is 0 Å². The average Bonchev–Trinajstić information content (AvgIpc) is 3.12. The van der Waals surface area contributed by atoms with E-state index in [4.69, 9.17) is 4.98 Å². The third-order valence-corrected chi connectivity index (χ3v) is 5.25. The topological polar surface area (TPSA) is 29.9 Å². The Morgan fingerprint density at radius 3 is 2.38 bits per heavy atom. The van der Waals surface area contributed by atoms with Crippen LogP contribution in [-0.2, 0) is 6.54 Å². The van der Waals surface area contributed by atoms with Crippen molar-refractivity contribution in [3.8, 4) is 11.1 Å². The predicted molar refractivity (Wildman–Crippen MR) is 117 cm³/mol. The smallest absolute Gasteiger partial charge is 0.127 e. The number of hydrogen-bond acceptors (Lipinski definition) is 2. The molecule has 0 fully saturated rings. The van der Waals surface area contributed by atoms with Crippen LogP contribution >= 0.6 is 0 Å². The monoisotopic (exact) mass is 387 g/mol. The first-order chi connectivity index (χ1) is 14.0. The van der Waals surface area contributed by atoms with E-state index in [9.17, 15) is 4.39 Å². The third-order valence-electron chi connectivity index (χ3n) is 5.25. The number of halogens is 1. The van der Waals surface area contributed by atoms with Crippen molar-refractivity contribution in [2.75, 3.05) is 0 Å². The number of benzene rings is 3. The number of aromatic nitrogens is 2. The zero-order chi connectivity index (χ0) is 20.4. The van der Waals surface area contributed by atoms with Crippen molar-refractivity contribution in [3.63, 3.8) is 0 Å². The first-order valence-electron chi connectivity index (χ1n) is 10.1. The molecular weight excluding hydrogens is 361 g/mol. The van der Waals surface area contributed by atoms with Crippen molar-refractivity contribution in [2.24, 2.45) is 0 Å². The molecule has 4 heteroatoms. The van der Waals surface area contributed by atoms with Gasteiger partial charge >= 0.3 is 0 Å². The Hall–Kier alpha value is -2.98. The third kappa shape index (κ3) is 4.08. The minimum Gasteiger partial charge on any atom is -0.324 e. The molecule has 0 unspecified atom stereocenters. The highest BCUT2D eigenvalue weighted by molar-refractivity contribution is 5.76. The first-order valence-corrected chi connectivity index (χ1v) is 10.1. The fourth-order valence-electron chi connectivity index (χ4n) is 3.76. The second-order valence-corrected chi connectivity index (χ2v) is 7.73. The SMILES string of the molecule is CC(C)n1c([C@@H](C)NCc2ccc(-c3cccc(F)c3)cc2)nc2ccccc21. The van der Waals surface area contributed by atoms with Crippen LogP contribution in [0, 0.1) is 5.82 Å². The fraction of sp³-hybridized carbons (Fsp3) is 0.240. The molecule has 0 aliphatic heterocycles. The molecule has 0 aliphatic carbocycles. The van der Waals surface area contributed by atoms with E-state index in [1.807, 2.05) is 24.3 Å². The number of hydrogen-bond donors (Lipinski definition) is 1. The Labute approximate surface area is 171 Å². The van der Waals surface area contributed by atoms with Crippen molar-refractivity contribution in [1.82, 2.24) is 14.9 Å². The highest BCUT2D eigenvalue weighted by Gasteiger charge is 2.18. The van der Waals surface area contributed by atoms with Gasteiger partial charge in [0.25, 0.3) is 0 Å². The summed E-state index contributed by atoms with van der Waals surface area (Å²) in [6, 6.07) is 23.7. The van der Waals surface area contributed by atoms with Gasteiger partial charge in [-0.1, -0.05) is 48.5 Å². The van der Waals surface area contributed by atoms with Crippen LogP contribution in [0.25, 0.3) is 22.2 Å². The van der Waals surface area contributed by atoms with Crippen molar-refractivity contribution >= 4 is 11.0 Å². The van der Waals surface area contributed by atoms with E-state index < -0.39 is 0 Å². The zero-order valence-corrected chi connectivity index (χ0v) is 17.1. The number of nitrogens with zero attached hydrogens (tertiary/aromatic N) is 2. The number of nitrogens with one attached hydrogen (secondary N) is 1. The lowest BCUT2D eigenvalue weighted by molar-refractivity contribution is 0.491. The first kappa shape index (κ1) is 19.3. The second-order valence-electron chi connectivity index (χ2n) is 7.73. The lowest BCUT2D eigenvalue weighted by Crippen LogP contribution is -2.22. The largest absolute Gasteiger partial charge is 0.324 e. The zero-order valence-electron chi connectivity index (χ0n) is 17.1. The van der Waals surface area contributed by atoms with Gasteiger partial charge in [-0.3, -0.25) is 0 Å². The molecule has 1 aromatic heterocycles. The quantitative estimate of drug-likeness (QED) is 0.422. The normalized spacial score (nSPS) is 12.6. The van der Waals surface area contributed by atoms with Gasteiger partial charge in [-0.05, 0) is 61.7 Å². The van der Waals surface area contributed by atoms with Crippen LogP contribution in [0.4, 0.5) is 4.39 Å². The maximum absolute atomic E-state index is 13.5. The summed E-state index contributed by atoms with van der Waals surface area (Å²) in [6.45, 7) is 7.28. The predicted octanol–water partition coefficient (Wildman–Crippen LogP) is 6.27. The van der Waals surface area contributed by atoms with Crippen LogP contribution in [0.15, 0.2) is 72.8 Å². The van der Waals surface area contributed by atoms with Crippen molar-refractivity contribution in [3.05, 3.63) is 90.0 Å². The van der Waals surface area contributed by atoms with Gasteiger partial charge in [0.2, 0.25) is 0 Å². The van der Waals surface area contributed by atoms with E-state index in [2.05, 4.69) is 61.0 Å². The van der Waals surface area contributed by atoms with Crippen molar-refractivity contribution in [2.45, 2.75) is 39.4 Å². The van der Waals surface area contributed by atoms with Gasteiger partial charge in [0, 0.05) is 12.6 Å². The van der Waals surface area contributed by atoms with Crippen LogP contribution in [0.3, 0.4) is 0 Å². The summed E-state index contributed by atoms with van der Waals surface area (Å²) in [5.74, 6) is 0.840. The van der Waals surface area contributed by atoms with Crippen LogP contribution in [0.1, 0.15) is 44.2 Å². The molecule has 0 spiro atoms. The molecule has 0 amide bonds. The van der Waals surface area contributed by atoms with Gasteiger partial charge < -0.3 is 9.88 Å². The van der Waals surface area contributed by atoms with E-state index in [0.717, 1.165) is 29.0 Å². The molecule has 1 N–H and O–H groups in total. The van der Waals surface area contributed by atoms with Crippen LogP contribution in [0.2, 0.25) is 0 Å². The van der Waals surface area contributed by atoms with Crippen LogP contribution < -0.4 is 5.32 Å². The Kier molecular flexibility index (Phi) is 5.45. The fourth-order valence-corrected chi connectivity index (χ4v) is 3.76. The summed E-state index contributed by atoms with van der Waals surface area (Å²) in [6.07, 6.45) is 0. The van der Waals surface area contributed by atoms with Gasteiger partial charge in [0.1, 0.15) is 11.6 Å². The number of fused-ring (bicyclic) bond motifs is 1. The molecule has 4 rings (SSSR count). The van der Waals surface area contributed by atoms with E-state index in [1.54, 1.807) is 12.1 Å². The van der Waals surface area contributed by atoms with E-state index in [1.165, 1.54) is 17.1 Å². The molecule has 0 radical (unpaired) electrons. The van der Waals surface area contributed by atoms with Crippen LogP contribution in [-0.4, -0.2) is 9.55 Å². The summed E-state index contributed by atoms with van der Waals surface area (Å²) in [7, 11) is 0. The van der Waals surface area contributed by atoms with Gasteiger partial charge in [-0.15, -0.1) is 0 Å². The Morgan fingerprint density at radius 2 is 1.66 bits per heavy atom. The standard InChI is InChI=1S/C25H26FN3/c1-17(2)29-24-10-5-4-9-23(24)28-25(29)18(3)27-16-19-11-13-20(14-12-19)21-7-6-8-22(26)15-21/h4-15,17-18,27H,16H2,1-3H3/t18-/m1/s1. The summed E-state index contributed by atoms with van der Waals surface area (Å²) >= 11 is 0. The number of para-hydroxylation sites is 2. The second kappa shape index (κ2) is 8.18. The highest BCUT2D eigenvalue weighted by atomic mass is 19.1. The van der Waals surface area contributed by atoms with Gasteiger partial charge in [-0.25, -0.2) is 9.37 Å². The maximum atomic E-state index is 13.5. The summed E-state index contributed by atoms with van der Waals surface area (Å²) in [4.78, 5) is 4.87. The molecule has 4 aromatic rings. The average molecular weight is 388 g/mol. The van der Waals surface area contributed by atoms with Gasteiger partial charge in [0.15, 0.2) is 0 Å². The Balaban J connectivity index is 1.49. The molecular formula is C25H26FN3. The summed E-state index contributed by atoms with van der Waals surface area (Å²) < 4.78 is 15.8. The molecule has 1 heterocycles. The van der Waals surface area contributed by atoms with Gasteiger partial charge in [0.05, 0.1) is 17.1 Å². The Bertz CT molecular complexity index is 1110. The van der Waals surface area contributed by atoms with Crippen molar-refractivity contribution < 1.29 is 4.39 Å². The molecule has 3 nitrogen and oxygen atoms in total. The van der Waals surface area contributed by atoms with E-state index in [-0.39, 0.29) is 11.9 Å². The lowest BCUT2D eigenvalue weighted by Gasteiger charge is -2.19. The highest BCUT2D eigenvalue weighted by Crippen LogP contribution is 2.25. The molecule has 0 bridgehead atoms. The maximum Gasteiger partial charge on any atom is 0.127 e. The minimum atomic E-state index is -0.213. The minimum absolute atomic E-state index is 0.118. The molecule has 0 saturated carbocycles. The molecule has 3 aromatic carbocycles. The van der Waals surface area contributed by atoms with Crippen LogP contribution in [0.5, 0.6) is 0 Å². The Morgan fingerprint density at radius 1 is 0.897 bits per heavy atom. The molecule has 148 valence electrons. The summed E-state index contributed by atoms with van der Waals surface area (Å²) in [5, 5.41) is 3.60. The van der Waals surface area contributed by atoms with E-state index in [0.29, 0.717) is 6.04 Å². The lowest BCUT2D eigenvalue weighted by atomic mass is 10.0. The number of imidazole rings is 1. The molecule has 0 aliphatic rings. The molecule has 29 heavy (non-hydrogen) atoms. The molecule has 0 saturated heterocycles. The van der Waals surface area contributed by atoms with Crippen molar-refractivity contribution in [1.29, 1.82) is 0 Å².